The summed E-state index contributed by atoms with van der Waals surface area (Å²) in [6.07, 6.45) is 1.26. The number of hydrogen-bond donors (Lipinski definition) is 0. The van der Waals surface area contributed by atoms with E-state index in [1.54, 1.807) is 18.2 Å². The van der Waals surface area contributed by atoms with Crippen LogP contribution in [0.3, 0.4) is 0 Å². The number of rotatable bonds is 5. The summed E-state index contributed by atoms with van der Waals surface area (Å²) in [5.74, 6) is -0.278. The highest BCUT2D eigenvalue weighted by Gasteiger charge is 2.14. The second kappa shape index (κ2) is 7.25. The van der Waals surface area contributed by atoms with E-state index in [1.165, 1.54) is 6.21 Å². The molecule has 0 N–H and O–H groups in total. The zero-order chi connectivity index (χ0) is 15.2. The van der Waals surface area contributed by atoms with E-state index in [4.69, 9.17) is 23.2 Å². The fourth-order valence-electron chi connectivity index (χ4n) is 1.88. The molecule has 0 aromatic heterocycles. The second-order valence-electron chi connectivity index (χ2n) is 4.47. The Kier molecular flexibility index (Phi) is 5.37. The number of ketones is 1. The molecule has 0 spiro atoms. The van der Waals surface area contributed by atoms with Gasteiger partial charge in [0.2, 0.25) is 0 Å². The summed E-state index contributed by atoms with van der Waals surface area (Å²) in [7, 11) is 0. The number of benzene rings is 2. The molecule has 0 aliphatic heterocycles. The lowest BCUT2D eigenvalue weighted by atomic mass is 10.1. The van der Waals surface area contributed by atoms with Crippen LogP contribution in [0.2, 0.25) is 10.0 Å². The van der Waals surface area contributed by atoms with Crippen molar-refractivity contribution < 1.29 is 9.53 Å². The molecule has 0 radical (unpaired) electrons. The van der Waals surface area contributed by atoms with E-state index in [2.05, 4.69) is 0 Å². The Morgan fingerprint density at radius 2 is 1.67 bits per heavy atom. The molecule has 2 aromatic rings. The van der Waals surface area contributed by atoms with Crippen molar-refractivity contribution in [3.8, 4) is 0 Å². The highest BCUT2D eigenvalue weighted by molar-refractivity contribution is 6.40. The first-order chi connectivity index (χ1) is 10.1. The fourth-order valence-corrected chi connectivity index (χ4v) is 2.49. The predicted octanol–water partition coefficient (Wildman–Crippen LogP) is 4.35. The molecule has 0 amide bonds. The number of hydroxylamine groups is 1. The SMILES string of the molecule is O=C(C/C=[N+](\[O-])Cc1ccccc1)c1c(Cl)cccc1Cl. The van der Waals surface area contributed by atoms with E-state index >= 15 is 0 Å². The largest absolute Gasteiger partial charge is 0.624 e. The van der Waals surface area contributed by atoms with Gasteiger partial charge in [-0.2, -0.15) is 0 Å². The van der Waals surface area contributed by atoms with Crippen molar-refractivity contribution in [2.75, 3.05) is 0 Å². The van der Waals surface area contributed by atoms with Gasteiger partial charge in [-0.15, -0.1) is 0 Å². The Morgan fingerprint density at radius 1 is 1.05 bits per heavy atom. The molecular formula is C16H13Cl2NO2. The minimum absolute atomic E-state index is 0.0419. The van der Waals surface area contributed by atoms with Crippen LogP contribution in [-0.4, -0.2) is 16.7 Å². The van der Waals surface area contributed by atoms with Gasteiger partial charge in [-0.1, -0.05) is 59.6 Å². The van der Waals surface area contributed by atoms with Crippen LogP contribution >= 0.6 is 23.2 Å². The lowest BCUT2D eigenvalue weighted by molar-refractivity contribution is -0.470. The normalized spacial score (nSPS) is 11.4. The van der Waals surface area contributed by atoms with Crippen LogP contribution in [0, 0.1) is 5.21 Å². The standard InChI is InChI=1S/C16H13Cl2NO2/c17-13-7-4-8-14(18)16(13)15(20)9-10-19(21)11-12-5-2-1-3-6-12/h1-8,10H,9,11H2/b19-10-. The van der Waals surface area contributed by atoms with Gasteiger partial charge in [0.1, 0.15) is 0 Å². The van der Waals surface area contributed by atoms with Crippen LogP contribution in [-0.2, 0) is 6.54 Å². The monoisotopic (exact) mass is 321 g/mol. The summed E-state index contributed by atoms with van der Waals surface area (Å²) in [6.45, 7) is 0.199. The number of hydrogen-bond acceptors (Lipinski definition) is 2. The summed E-state index contributed by atoms with van der Waals surface area (Å²) >= 11 is 11.9. The third-order valence-electron chi connectivity index (χ3n) is 2.90. The molecule has 0 saturated heterocycles. The van der Waals surface area contributed by atoms with E-state index in [0.29, 0.717) is 10.0 Å². The van der Waals surface area contributed by atoms with Gasteiger partial charge in [0.15, 0.2) is 18.5 Å². The van der Waals surface area contributed by atoms with Gasteiger partial charge in [0, 0.05) is 5.56 Å². The van der Waals surface area contributed by atoms with E-state index in [9.17, 15) is 10.0 Å². The molecule has 2 rings (SSSR count). The highest BCUT2D eigenvalue weighted by Crippen LogP contribution is 2.25. The number of carbonyl (C=O) groups excluding carboxylic acids is 1. The quantitative estimate of drug-likeness (QED) is 0.270. The molecule has 0 heterocycles. The molecule has 0 fully saturated rings. The zero-order valence-electron chi connectivity index (χ0n) is 11.1. The highest BCUT2D eigenvalue weighted by atomic mass is 35.5. The van der Waals surface area contributed by atoms with Crippen LogP contribution in [0.25, 0.3) is 0 Å². The Balaban J connectivity index is 2.05. The molecule has 0 bridgehead atoms. The van der Waals surface area contributed by atoms with Gasteiger partial charge in [-0.3, -0.25) is 4.79 Å². The van der Waals surface area contributed by atoms with Crippen molar-refractivity contribution in [1.29, 1.82) is 0 Å². The summed E-state index contributed by atoms with van der Waals surface area (Å²) in [4.78, 5) is 12.1. The number of nitrogens with zero attached hydrogens (tertiary/aromatic N) is 1. The van der Waals surface area contributed by atoms with Crippen molar-refractivity contribution >= 4 is 35.2 Å². The predicted molar refractivity (Wildman–Crippen MR) is 85.2 cm³/mol. The lowest BCUT2D eigenvalue weighted by Crippen LogP contribution is -2.09. The third-order valence-corrected chi connectivity index (χ3v) is 3.53. The Morgan fingerprint density at radius 3 is 2.29 bits per heavy atom. The van der Waals surface area contributed by atoms with Crippen LogP contribution in [0.15, 0.2) is 48.5 Å². The number of Topliss-reactive ketones (excluding diaryl/α,β-unsaturated/α-hetero) is 1. The van der Waals surface area contributed by atoms with Crippen molar-refractivity contribution in [1.82, 2.24) is 0 Å². The summed E-state index contributed by atoms with van der Waals surface area (Å²) < 4.78 is 0.734. The van der Waals surface area contributed by atoms with Crippen molar-refractivity contribution in [3.05, 3.63) is 74.9 Å². The minimum atomic E-state index is -0.278. The van der Waals surface area contributed by atoms with E-state index in [1.807, 2.05) is 30.3 Å². The second-order valence-corrected chi connectivity index (χ2v) is 5.28. The molecule has 0 aliphatic rings. The molecule has 2 aromatic carbocycles. The number of carbonyl (C=O) groups is 1. The van der Waals surface area contributed by atoms with E-state index in [0.717, 1.165) is 10.3 Å². The summed E-state index contributed by atoms with van der Waals surface area (Å²) in [5, 5.41) is 12.3. The average Bonchev–Trinajstić information content (AvgIpc) is 2.46. The third kappa shape index (κ3) is 4.31. The first-order valence-corrected chi connectivity index (χ1v) is 7.12. The molecule has 0 aliphatic carbocycles. The zero-order valence-corrected chi connectivity index (χ0v) is 12.6. The molecule has 3 nitrogen and oxygen atoms in total. The Hall–Kier alpha value is -1.84. The van der Waals surface area contributed by atoms with Crippen LogP contribution in [0.4, 0.5) is 0 Å². The lowest BCUT2D eigenvalue weighted by Gasteiger charge is -2.05. The molecule has 0 atom stereocenters. The Bertz CT molecular complexity index is 649. The van der Waals surface area contributed by atoms with Gasteiger partial charge < -0.3 is 5.21 Å². The maximum atomic E-state index is 12.1. The smallest absolute Gasteiger partial charge is 0.178 e. The summed E-state index contributed by atoms with van der Waals surface area (Å²) in [6, 6.07) is 14.2. The Labute approximate surface area is 133 Å². The average molecular weight is 322 g/mol. The van der Waals surface area contributed by atoms with Gasteiger partial charge in [0.25, 0.3) is 0 Å². The van der Waals surface area contributed by atoms with Crippen molar-refractivity contribution in [2.24, 2.45) is 0 Å². The van der Waals surface area contributed by atoms with Crippen LogP contribution in [0.1, 0.15) is 22.3 Å². The van der Waals surface area contributed by atoms with Crippen molar-refractivity contribution in [3.63, 3.8) is 0 Å². The van der Waals surface area contributed by atoms with E-state index < -0.39 is 0 Å². The van der Waals surface area contributed by atoms with Gasteiger partial charge in [-0.05, 0) is 12.1 Å². The topological polar surface area (TPSA) is 43.1 Å². The molecule has 0 saturated carbocycles. The van der Waals surface area contributed by atoms with Gasteiger partial charge >= 0.3 is 0 Å². The van der Waals surface area contributed by atoms with Gasteiger partial charge in [0.05, 0.1) is 22.0 Å². The molecule has 5 heteroatoms. The first-order valence-electron chi connectivity index (χ1n) is 6.36. The minimum Gasteiger partial charge on any atom is -0.624 e. The van der Waals surface area contributed by atoms with Crippen LogP contribution in [0.5, 0.6) is 0 Å². The first kappa shape index (κ1) is 15.5. The fraction of sp³-hybridized carbons (Fsp3) is 0.125. The number of halogens is 2. The summed E-state index contributed by atoms with van der Waals surface area (Å²) in [5.41, 5.74) is 1.14. The maximum Gasteiger partial charge on any atom is 0.178 e. The molecule has 21 heavy (non-hydrogen) atoms. The molecule has 0 unspecified atom stereocenters. The van der Waals surface area contributed by atoms with Gasteiger partial charge in [-0.25, -0.2) is 4.74 Å². The van der Waals surface area contributed by atoms with Crippen LogP contribution < -0.4 is 0 Å². The van der Waals surface area contributed by atoms with Crippen molar-refractivity contribution in [2.45, 2.75) is 13.0 Å². The van der Waals surface area contributed by atoms with E-state index in [-0.39, 0.29) is 24.3 Å². The molecule has 108 valence electrons. The molecular weight excluding hydrogens is 309 g/mol. The maximum absolute atomic E-state index is 12.1.